The molecule has 20 heavy (non-hydrogen) atoms. The molecule has 0 saturated carbocycles. The van der Waals surface area contributed by atoms with Crippen molar-refractivity contribution >= 4 is 11.8 Å². The molecule has 0 aromatic rings. The highest BCUT2D eigenvalue weighted by Gasteiger charge is 2.26. The second-order valence-corrected chi connectivity index (χ2v) is 5.68. The zero-order valence-corrected chi connectivity index (χ0v) is 12.4. The van der Waals surface area contributed by atoms with Crippen LogP contribution in [0, 0.1) is 5.92 Å². The van der Waals surface area contributed by atoms with Crippen LogP contribution in [0.4, 0.5) is 0 Å². The van der Waals surface area contributed by atoms with E-state index < -0.39 is 0 Å². The topological polar surface area (TPSA) is 49.9 Å². The van der Waals surface area contributed by atoms with Gasteiger partial charge in [0.1, 0.15) is 0 Å². The molecular formula is C15H24N2O3. The molecule has 0 aromatic carbocycles. The third kappa shape index (κ3) is 3.52. The Bertz CT molecular complexity index is 404. The van der Waals surface area contributed by atoms with Gasteiger partial charge in [0.25, 0.3) is 5.91 Å². The van der Waals surface area contributed by atoms with E-state index in [1.54, 1.807) is 0 Å². The molecule has 0 N–H and O–H groups in total. The summed E-state index contributed by atoms with van der Waals surface area (Å²) < 4.78 is 5.44. The molecule has 5 heteroatoms. The van der Waals surface area contributed by atoms with Crippen LogP contribution in [0.15, 0.2) is 11.8 Å². The van der Waals surface area contributed by atoms with E-state index in [1.165, 1.54) is 0 Å². The minimum atomic E-state index is -0.0245. The van der Waals surface area contributed by atoms with Crippen molar-refractivity contribution in [2.24, 2.45) is 5.92 Å². The fourth-order valence-electron chi connectivity index (χ4n) is 2.57. The van der Waals surface area contributed by atoms with Gasteiger partial charge in [-0.05, 0) is 25.3 Å². The molecule has 0 aromatic heterocycles. The molecule has 0 spiro atoms. The zero-order valence-electron chi connectivity index (χ0n) is 12.4. The Morgan fingerprint density at radius 1 is 1.10 bits per heavy atom. The standard InChI is InChI=1S/C15H24N2O3/c1-12(2)14(18)16-7-5-8-17(10-9-16)15(19)13-6-3-4-11-20-13/h6,12H,3-5,7-11H2,1-2H3. The van der Waals surface area contributed by atoms with Crippen LogP contribution in [0.25, 0.3) is 0 Å². The summed E-state index contributed by atoms with van der Waals surface area (Å²) in [6.45, 7) is 7.10. The summed E-state index contributed by atoms with van der Waals surface area (Å²) in [6.07, 6.45) is 4.60. The van der Waals surface area contributed by atoms with E-state index in [0.717, 1.165) is 25.8 Å². The number of nitrogens with zero attached hydrogens (tertiary/aromatic N) is 2. The Morgan fingerprint density at radius 2 is 1.80 bits per heavy atom. The number of rotatable bonds is 2. The predicted octanol–water partition coefficient (Wildman–Crippen LogP) is 1.40. The Kier molecular flexibility index (Phi) is 5.04. The smallest absolute Gasteiger partial charge is 0.288 e. The van der Waals surface area contributed by atoms with Crippen LogP contribution in [0.5, 0.6) is 0 Å². The van der Waals surface area contributed by atoms with Gasteiger partial charge in [0.15, 0.2) is 5.76 Å². The molecule has 2 heterocycles. The Balaban J connectivity index is 1.94. The highest BCUT2D eigenvalue weighted by atomic mass is 16.5. The quantitative estimate of drug-likeness (QED) is 0.768. The van der Waals surface area contributed by atoms with E-state index in [2.05, 4.69) is 0 Å². The van der Waals surface area contributed by atoms with Crippen LogP contribution in [-0.2, 0) is 14.3 Å². The number of hydrogen-bond donors (Lipinski definition) is 0. The predicted molar refractivity (Wildman–Crippen MR) is 75.9 cm³/mol. The molecule has 0 aliphatic carbocycles. The van der Waals surface area contributed by atoms with Gasteiger partial charge in [-0.2, -0.15) is 0 Å². The van der Waals surface area contributed by atoms with E-state index in [1.807, 2.05) is 29.7 Å². The third-order valence-corrected chi connectivity index (χ3v) is 3.74. The molecule has 0 bridgehead atoms. The van der Waals surface area contributed by atoms with Crippen molar-refractivity contribution in [3.05, 3.63) is 11.8 Å². The highest BCUT2D eigenvalue weighted by molar-refractivity contribution is 5.91. The summed E-state index contributed by atoms with van der Waals surface area (Å²) in [5.74, 6) is 0.650. The van der Waals surface area contributed by atoms with Gasteiger partial charge < -0.3 is 14.5 Å². The van der Waals surface area contributed by atoms with Crippen molar-refractivity contribution in [1.82, 2.24) is 9.80 Å². The lowest BCUT2D eigenvalue weighted by molar-refractivity contribution is -0.135. The lowest BCUT2D eigenvalue weighted by Crippen LogP contribution is -2.39. The van der Waals surface area contributed by atoms with Crippen LogP contribution < -0.4 is 0 Å². The summed E-state index contributed by atoms with van der Waals surface area (Å²) in [7, 11) is 0. The Labute approximate surface area is 120 Å². The summed E-state index contributed by atoms with van der Waals surface area (Å²) in [5, 5.41) is 0. The van der Waals surface area contributed by atoms with Gasteiger partial charge in [0, 0.05) is 32.1 Å². The van der Waals surface area contributed by atoms with Gasteiger partial charge in [-0.3, -0.25) is 9.59 Å². The fraction of sp³-hybridized carbons (Fsp3) is 0.733. The van der Waals surface area contributed by atoms with Crippen molar-refractivity contribution in [3.8, 4) is 0 Å². The van der Waals surface area contributed by atoms with Crippen molar-refractivity contribution in [1.29, 1.82) is 0 Å². The summed E-state index contributed by atoms with van der Waals surface area (Å²) >= 11 is 0. The average Bonchev–Trinajstić information content (AvgIpc) is 2.72. The van der Waals surface area contributed by atoms with Crippen LogP contribution in [0.1, 0.15) is 33.1 Å². The number of ether oxygens (including phenoxy) is 1. The maximum atomic E-state index is 12.3. The molecule has 2 aliphatic heterocycles. The average molecular weight is 280 g/mol. The van der Waals surface area contributed by atoms with Gasteiger partial charge in [-0.15, -0.1) is 0 Å². The van der Waals surface area contributed by atoms with E-state index in [9.17, 15) is 9.59 Å². The second kappa shape index (κ2) is 6.77. The number of carbonyl (C=O) groups is 2. The highest BCUT2D eigenvalue weighted by Crippen LogP contribution is 2.15. The van der Waals surface area contributed by atoms with E-state index in [0.29, 0.717) is 32.0 Å². The zero-order chi connectivity index (χ0) is 14.5. The monoisotopic (exact) mass is 280 g/mol. The Morgan fingerprint density at radius 3 is 2.45 bits per heavy atom. The lowest BCUT2D eigenvalue weighted by atomic mass is 10.2. The van der Waals surface area contributed by atoms with E-state index in [4.69, 9.17) is 4.74 Å². The van der Waals surface area contributed by atoms with Crippen molar-refractivity contribution in [2.75, 3.05) is 32.8 Å². The fourth-order valence-corrected chi connectivity index (χ4v) is 2.57. The molecule has 1 fully saturated rings. The summed E-state index contributed by atoms with van der Waals surface area (Å²) in [6, 6.07) is 0. The molecule has 0 unspecified atom stereocenters. The molecular weight excluding hydrogens is 256 g/mol. The minimum Gasteiger partial charge on any atom is -0.488 e. The summed E-state index contributed by atoms with van der Waals surface area (Å²) in [5.41, 5.74) is 0. The molecule has 2 amide bonds. The van der Waals surface area contributed by atoms with E-state index in [-0.39, 0.29) is 17.7 Å². The molecule has 2 rings (SSSR count). The third-order valence-electron chi connectivity index (χ3n) is 3.74. The first-order valence-electron chi connectivity index (χ1n) is 7.50. The first kappa shape index (κ1) is 14.9. The number of hydrogen-bond acceptors (Lipinski definition) is 3. The first-order chi connectivity index (χ1) is 9.59. The SMILES string of the molecule is CC(C)C(=O)N1CCCN(C(=O)C2=CCCCO2)CC1. The van der Waals surface area contributed by atoms with Crippen molar-refractivity contribution in [3.63, 3.8) is 0 Å². The van der Waals surface area contributed by atoms with Crippen molar-refractivity contribution in [2.45, 2.75) is 33.1 Å². The molecule has 0 radical (unpaired) electrons. The van der Waals surface area contributed by atoms with Gasteiger partial charge in [0.05, 0.1) is 6.61 Å². The second-order valence-electron chi connectivity index (χ2n) is 5.68. The maximum Gasteiger partial charge on any atom is 0.288 e. The normalized spacial score (nSPS) is 20.2. The number of allylic oxidation sites excluding steroid dienone is 1. The molecule has 1 saturated heterocycles. The van der Waals surface area contributed by atoms with Crippen LogP contribution >= 0.6 is 0 Å². The molecule has 112 valence electrons. The number of amides is 2. The first-order valence-corrected chi connectivity index (χ1v) is 7.50. The molecule has 5 nitrogen and oxygen atoms in total. The van der Waals surface area contributed by atoms with Crippen LogP contribution in [-0.4, -0.2) is 54.4 Å². The minimum absolute atomic E-state index is 0.0154. The molecule has 2 aliphatic rings. The van der Waals surface area contributed by atoms with Crippen LogP contribution in [0.3, 0.4) is 0 Å². The van der Waals surface area contributed by atoms with E-state index >= 15 is 0 Å². The number of carbonyl (C=O) groups excluding carboxylic acids is 2. The largest absolute Gasteiger partial charge is 0.488 e. The molecule has 0 atom stereocenters. The van der Waals surface area contributed by atoms with Crippen LogP contribution in [0.2, 0.25) is 0 Å². The lowest BCUT2D eigenvalue weighted by Gasteiger charge is -2.25. The van der Waals surface area contributed by atoms with Gasteiger partial charge in [0.2, 0.25) is 5.91 Å². The van der Waals surface area contributed by atoms with Gasteiger partial charge in [-0.1, -0.05) is 13.8 Å². The maximum absolute atomic E-state index is 12.3. The Hall–Kier alpha value is -1.52. The van der Waals surface area contributed by atoms with Crippen molar-refractivity contribution < 1.29 is 14.3 Å². The van der Waals surface area contributed by atoms with Gasteiger partial charge >= 0.3 is 0 Å². The summed E-state index contributed by atoms with van der Waals surface area (Å²) in [4.78, 5) is 28.0. The van der Waals surface area contributed by atoms with Gasteiger partial charge in [-0.25, -0.2) is 0 Å².